The Kier molecular flexibility index (Phi) is 9.60. The van der Waals surface area contributed by atoms with E-state index in [1.54, 1.807) is 0 Å². The van der Waals surface area contributed by atoms with E-state index in [0.717, 1.165) is 25.9 Å². The Morgan fingerprint density at radius 3 is 2.85 bits per heavy atom. The number of piperidine rings is 1. The van der Waals surface area contributed by atoms with E-state index >= 15 is 0 Å². The van der Waals surface area contributed by atoms with E-state index in [1.807, 2.05) is 0 Å². The molecule has 2 aliphatic rings. The van der Waals surface area contributed by atoms with Gasteiger partial charge in [0.05, 0.1) is 6.10 Å². The minimum absolute atomic E-state index is 0. The number of benzene rings is 1. The molecule has 1 aromatic rings. The second-order valence-corrected chi connectivity index (χ2v) is 7.92. The van der Waals surface area contributed by atoms with Crippen LogP contribution in [0.4, 0.5) is 0 Å². The van der Waals surface area contributed by atoms with Gasteiger partial charge in [0.25, 0.3) is 0 Å². The minimum Gasteiger partial charge on any atom is -0.373 e. The van der Waals surface area contributed by atoms with Gasteiger partial charge < -0.3 is 15.4 Å². The predicted molar refractivity (Wildman–Crippen MR) is 112 cm³/mol. The molecule has 1 heterocycles. The van der Waals surface area contributed by atoms with Crippen LogP contribution >= 0.6 is 12.4 Å². The predicted octanol–water partition coefficient (Wildman–Crippen LogP) is 4.03. The van der Waals surface area contributed by atoms with Crippen molar-refractivity contribution in [3.05, 3.63) is 35.4 Å². The lowest BCUT2D eigenvalue weighted by atomic mass is 9.84. The lowest BCUT2D eigenvalue weighted by Crippen LogP contribution is -2.33. The molecule has 1 aliphatic carbocycles. The molecule has 0 bridgehead atoms. The molecule has 2 atom stereocenters. The standard InChI is InChI=1S/C22H34N2O2.ClH/c1-17(18-10-13-23-14-11-18)16-22(25)24-12-5-15-26-21-9-4-7-19-6-2-3-8-20(19)21;/h2-3,6,8,17-18,21,23H,4-5,7,9-16H2,1H3,(H,24,25);1H. The smallest absolute Gasteiger partial charge is 0.220 e. The van der Waals surface area contributed by atoms with Crippen molar-refractivity contribution in [2.75, 3.05) is 26.2 Å². The Morgan fingerprint density at radius 2 is 2.04 bits per heavy atom. The van der Waals surface area contributed by atoms with E-state index in [-0.39, 0.29) is 24.4 Å². The molecule has 0 radical (unpaired) electrons. The maximum Gasteiger partial charge on any atom is 0.220 e. The number of hydrogen-bond donors (Lipinski definition) is 2. The molecule has 1 fully saturated rings. The van der Waals surface area contributed by atoms with Crippen molar-refractivity contribution < 1.29 is 9.53 Å². The number of nitrogens with one attached hydrogen (secondary N) is 2. The molecule has 1 saturated heterocycles. The summed E-state index contributed by atoms with van der Waals surface area (Å²) in [5.41, 5.74) is 2.79. The van der Waals surface area contributed by atoms with E-state index in [4.69, 9.17) is 4.74 Å². The fraction of sp³-hybridized carbons (Fsp3) is 0.682. The van der Waals surface area contributed by atoms with Gasteiger partial charge in [0, 0.05) is 19.6 Å². The normalized spacial score (nSPS) is 21.0. The van der Waals surface area contributed by atoms with Gasteiger partial charge in [-0.1, -0.05) is 31.2 Å². The molecule has 4 nitrogen and oxygen atoms in total. The van der Waals surface area contributed by atoms with Crippen molar-refractivity contribution in [2.24, 2.45) is 11.8 Å². The molecule has 0 saturated carbocycles. The van der Waals surface area contributed by atoms with Crippen LogP contribution in [0.15, 0.2) is 24.3 Å². The molecule has 152 valence electrons. The van der Waals surface area contributed by atoms with Crippen molar-refractivity contribution in [3.63, 3.8) is 0 Å². The number of amides is 1. The average Bonchev–Trinajstić information content (AvgIpc) is 2.68. The first-order valence-corrected chi connectivity index (χ1v) is 10.4. The monoisotopic (exact) mass is 394 g/mol. The van der Waals surface area contributed by atoms with Gasteiger partial charge in [-0.05, 0) is 74.6 Å². The van der Waals surface area contributed by atoms with E-state index in [0.29, 0.717) is 31.4 Å². The minimum atomic E-state index is 0. The largest absolute Gasteiger partial charge is 0.373 e. The molecule has 1 aliphatic heterocycles. The highest BCUT2D eigenvalue weighted by molar-refractivity contribution is 5.85. The number of rotatable bonds is 8. The summed E-state index contributed by atoms with van der Waals surface area (Å²) in [6.07, 6.45) is 7.64. The second kappa shape index (κ2) is 11.7. The Hall–Kier alpha value is -1.10. The topological polar surface area (TPSA) is 50.4 Å². The van der Waals surface area contributed by atoms with Crippen molar-refractivity contribution in [2.45, 2.75) is 58.0 Å². The fourth-order valence-corrected chi connectivity index (χ4v) is 4.35. The molecule has 1 aromatic carbocycles. The van der Waals surface area contributed by atoms with Gasteiger partial charge in [-0.2, -0.15) is 0 Å². The summed E-state index contributed by atoms with van der Waals surface area (Å²) in [6.45, 7) is 5.84. The lowest BCUT2D eigenvalue weighted by Gasteiger charge is -2.28. The van der Waals surface area contributed by atoms with Gasteiger partial charge >= 0.3 is 0 Å². The number of halogens is 1. The molecule has 5 heteroatoms. The maximum atomic E-state index is 12.2. The Bertz CT molecular complexity index is 575. The van der Waals surface area contributed by atoms with Crippen molar-refractivity contribution in [1.29, 1.82) is 0 Å². The van der Waals surface area contributed by atoms with Gasteiger partial charge in [-0.3, -0.25) is 4.79 Å². The highest BCUT2D eigenvalue weighted by Crippen LogP contribution is 2.32. The van der Waals surface area contributed by atoms with Crippen LogP contribution in [0.1, 0.15) is 62.7 Å². The number of carbonyl (C=O) groups is 1. The zero-order valence-electron chi connectivity index (χ0n) is 16.5. The molecule has 27 heavy (non-hydrogen) atoms. The Morgan fingerprint density at radius 1 is 1.26 bits per heavy atom. The highest BCUT2D eigenvalue weighted by atomic mass is 35.5. The van der Waals surface area contributed by atoms with Crippen LogP contribution in [-0.2, 0) is 16.0 Å². The van der Waals surface area contributed by atoms with Gasteiger partial charge in [-0.25, -0.2) is 0 Å². The maximum absolute atomic E-state index is 12.2. The van der Waals surface area contributed by atoms with Crippen molar-refractivity contribution >= 4 is 18.3 Å². The molecular weight excluding hydrogens is 360 g/mol. The van der Waals surface area contributed by atoms with Crippen molar-refractivity contribution in [3.8, 4) is 0 Å². The van der Waals surface area contributed by atoms with Crippen LogP contribution in [0.3, 0.4) is 0 Å². The fourth-order valence-electron chi connectivity index (χ4n) is 4.35. The quantitative estimate of drug-likeness (QED) is 0.654. The molecule has 1 amide bonds. The molecular formula is C22H35ClN2O2. The summed E-state index contributed by atoms with van der Waals surface area (Å²) in [6, 6.07) is 8.63. The van der Waals surface area contributed by atoms with Gasteiger partial charge in [-0.15, -0.1) is 12.4 Å². The molecule has 2 N–H and O–H groups in total. The number of carbonyl (C=O) groups excluding carboxylic acids is 1. The van der Waals surface area contributed by atoms with Gasteiger partial charge in [0.15, 0.2) is 0 Å². The zero-order valence-corrected chi connectivity index (χ0v) is 17.4. The summed E-state index contributed by atoms with van der Waals surface area (Å²) < 4.78 is 6.11. The summed E-state index contributed by atoms with van der Waals surface area (Å²) in [5.74, 6) is 1.36. The first kappa shape index (κ1) is 22.2. The molecule has 2 unspecified atom stereocenters. The third kappa shape index (κ3) is 6.78. The summed E-state index contributed by atoms with van der Waals surface area (Å²) >= 11 is 0. The number of hydrogen-bond acceptors (Lipinski definition) is 3. The summed E-state index contributed by atoms with van der Waals surface area (Å²) in [5, 5.41) is 6.46. The summed E-state index contributed by atoms with van der Waals surface area (Å²) in [7, 11) is 0. The van der Waals surface area contributed by atoms with Gasteiger partial charge in [0.1, 0.15) is 0 Å². The first-order valence-electron chi connectivity index (χ1n) is 10.4. The SMILES string of the molecule is CC(CC(=O)NCCCOC1CCCc2ccccc21)C1CCNCC1.Cl. The average molecular weight is 395 g/mol. The lowest BCUT2D eigenvalue weighted by molar-refractivity contribution is -0.122. The first-order chi connectivity index (χ1) is 12.7. The molecule has 3 rings (SSSR count). The number of aryl methyl sites for hydroxylation is 1. The Labute approximate surface area is 170 Å². The van der Waals surface area contributed by atoms with Crippen LogP contribution in [0.2, 0.25) is 0 Å². The van der Waals surface area contributed by atoms with Crippen LogP contribution in [0.25, 0.3) is 0 Å². The molecule has 0 spiro atoms. The van der Waals surface area contributed by atoms with Crippen LogP contribution in [-0.4, -0.2) is 32.1 Å². The van der Waals surface area contributed by atoms with E-state index in [2.05, 4.69) is 41.8 Å². The van der Waals surface area contributed by atoms with Gasteiger partial charge in [0.2, 0.25) is 5.91 Å². The zero-order chi connectivity index (χ0) is 18.2. The number of ether oxygens (including phenoxy) is 1. The van der Waals surface area contributed by atoms with E-state index in [1.165, 1.54) is 36.8 Å². The number of fused-ring (bicyclic) bond motifs is 1. The van der Waals surface area contributed by atoms with E-state index in [9.17, 15) is 4.79 Å². The Balaban J connectivity index is 0.00000261. The van der Waals surface area contributed by atoms with Crippen LogP contribution in [0.5, 0.6) is 0 Å². The molecule has 0 aromatic heterocycles. The third-order valence-electron chi connectivity index (χ3n) is 5.97. The third-order valence-corrected chi connectivity index (χ3v) is 5.97. The summed E-state index contributed by atoms with van der Waals surface area (Å²) in [4.78, 5) is 12.2. The highest BCUT2D eigenvalue weighted by Gasteiger charge is 2.22. The second-order valence-electron chi connectivity index (χ2n) is 7.92. The van der Waals surface area contributed by atoms with Crippen LogP contribution < -0.4 is 10.6 Å². The van der Waals surface area contributed by atoms with Crippen LogP contribution in [0, 0.1) is 11.8 Å². The van der Waals surface area contributed by atoms with Crippen molar-refractivity contribution in [1.82, 2.24) is 10.6 Å². The van der Waals surface area contributed by atoms with E-state index < -0.39 is 0 Å².